The van der Waals surface area contributed by atoms with Crippen LogP contribution < -0.4 is 10.5 Å². The molecule has 0 bridgehead atoms. The molecule has 0 spiro atoms. The average molecular weight is 308 g/mol. The number of anilines is 2. The number of sulfonamides is 1. The van der Waals surface area contributed by atoms with Crippen LogP contribution >= 0.6 is 0 Å². The average Bonchev–Trinajstić information content (AvgIpc) is 2.40. The Balaban J connectivity index is 2.46. The Bertz CT molecular complexity index is 778. The summed E-state index contributed by atoms with van der Waals surface area (Å²) in [6, 6.07) is 7.73. The highest BCUT2D eigenvalue weighted by molar-refractivity contribution is 7.92. The zero-order valence-electron chi connectivity index (χ0n) is 12.1. The maximum atomic E-state index is 13.5. The van der Waals surface area contributed by atoms with Crippen LogP contribution in [0.15, 0.2) is 35.2 Å². The summed E-state index contributed by atoms with van der Waals surface area (Å²) in [4.78, 5) is -0.0557. The molecule has 0 aromatic heterocycles. The maximum Gasteiger partial charge on any atom is 0.261 e. The Morgan fingerprint density at radius 1 is 1.10 bits per heavy atom. The molecule has 21 heavy (non-hydrogen) atoms. The zero-order chi connectivity index (χ0) is 15.8. The fourth-order valence-electron chi connectivity index (χ4n) is 1.98. The van der Waals surface area contributed by atoms with E-state index < -0.39 is 15.8 Å². The smallest absolute Gasteiger partial charge is 0.261 e. The van der Waals surface area contributed by atoms with Gasteiger partial charge in [0.25, 0.3) is 10.0 Å². The van der Waals surface area contributed by atoms with Gasteiger partial charge in [-0.1, -0.05) is 12.1 Å². The predicted molar refractivity (Wildman–Crippen MR) is 82.3 cm³/mol. The van der Waals surface area contributed by atoms with Crippen molar-refractivity contribution < 1.29 is 12.8 Å². The van der Waals surface area contributed by atoms with Crippen molar-refractivity contribution in [2.75, 3.05) is 10.5 Å². The summed E-state index contributed by atoms with van der Waals surface area (Å²) in [7, 11) is -3.81. The number of rotatable bonds is 3. The molecule has 2 rings (SSSR count). The lowest BCUT2D eigenvalue weighted by atomic mass is 10.1. The largest absolute Gasteiger partial charge is 0.396 e. The van der Waals surface area contributed by atoms with Gasteiger partial charge in [0.15, 0.2) is 0 Å². The molecule has 112 valence electrons. The molecule has 0 saturated heterocycles. The molecule has 3 N–H and O–H groups in total. The van der Waals surface area contributed by atoms with Crippen molar-refractivity contribution in [2.45, 2.75) is 25.7 Å². The van der Waals surface area contributed by atoms with Gasteiger partial charge in [-0.2, -0.15) is 0 Å². The van der Waals surface area contributed by atoms with E-state index in [1.807, 2.05) is 19.9 Å². The number of hydrogen-bond donors (Lipinski definition) is 2. The molecule has 0 radical (unpaired) electrons. The SMILES string of the molecule is Cc1cccc(NS(=O)(=O)c2cc(C)c(F)c(N)c2)c1C. The lowest BCUT2D eigenvalue weighted by Gasteiger charge is -2.13. The van der Waals surface area contributed by atoms with Crippen LogP contribution in [0.2, 0.25) is 0 Å². The van der Waals surface area contributed by atoms with Crippen molar-refractivity contribution in [2.24, 2.45) is 0 Å². The zero-order valence-corrected chi connectivity index (χ0v) is 12.9. The second-order valence-electron chi connectivity index (χ2n) is 5.00. The van der Waals surface area contributed by atoms with E-state index in [0.29, 0.717) is 5.69 Å². The Morgan fingerprint density at radius 3 is 2.38 bits per heavy atom. The van der Waals surface area contributed by atoms with Gasteiger partial charge in [-0.15, -0.1) is 0 Å². The van der Waals surface area contributed by atoms with E-state index in [0.717, 1.165) is 17.2 Å². The third kappa shape index (κ3) is 3.00. The number of benzene rings is 2. The van der Waals surface area contributed by atoms with Crippen LogP contribution in [-0.2, 0) is 10.0 Å². The van der Waals surface area contributed by atoms with E-state index in [2.05, 4.69) is 4.72 Å². The van der Waals surface area contributed by atoms with Gasteiger partial charge < -0.3 is 5.73 Å². The number of nitrogens with two attached hydrogens (primary N) is 1. The molecule has 0 amide bonds. The molecule has 0 saturated carbocycles. The number of nitrogens with one attached hydrogen (secondary N) is 1. The maximum absolute atomic E-state index is 13.5. The molecule has 0 unspecified atom stereocenters. The molecule has 2 aromatic rings. The van der Waals surface area contributed by atoms with E-state index in [1.54, 1.807) is 12.1 Å². The molecular formula is C15H17FN2O2S. The molecule has 0 atom stereocenters. The van der Waals surface area contributed by atoms with Crippen LogP contribution in [0, 0.1) is 26.6 Å². The summed E-state index contributed by atoms with van der Waals surface area (Å²) in [5, 5.41) is 0. The van der Waals surface area contributed by atoms with Crippen molar-refractivity contribution in [3.8, 4) is 0 Å². The number of hydrogen-bond acceptors (Lipinski definition) is 3. The van der Waals surface area contributed by atoms with Crippen molar-refractivity contribution in [3.63, 3.8) is 0 Å². The van der Waals surface area contributed by atoms with Crippen molar-refractivity contribution >= 4 is 21.4 Å². The summed E-state index contributed by atoms with van der Waals surface area (Å²) >= 11 is 0. The molecule has 0 aliphatic heterocycles. The lowest BCUT2D eigenvalue weighted by Crippen LogP contribution is -2.15. The summed E-state index contributed by atoms with van der Waals surface area (Å²) in [6.07, 6.45) is 0. The van der Waals surface area contributed by atoms with E-state index in [1.165, 1.54) is 13.0 Å². The van der Waals surface area contributed by atoms with Crippen LogP contribution in [-0.4, -0.2) is 8.42 Å². The third-order valence-corrected chi connectivity index (χ3v) is 4.76. The minimum atomic E-state index is -3.81. The van der Waals surface area contributed by atoms with Crippen molar-refractivity contribution in [1.29, 1.82) is 0 Å². The highest BCUT2D eigenvalue weighted by Crippen LogP contribution is 2.25. The third-order valence-electron chi connectivity index (χ3n) is 3.42. The number of nitrogen functional groups attached to an aromatic ring is 1. The monoisotopic (exact) mass is 308 g/mol. The Kier molecular flexibility index (Phi) is 3.91. The van der Waals surface area contributed by atoms with Crippen molar-refractivity contribution in [3.05, 3.63) is 52.8 Å². The Labute approximate surface area is 123 Å². The first kappa shape index (κ1) is 15.3. The van der Waals surface area contributed by atoms with Crippen LogP contribution in [0.25, 0.3) is 0 Å². The lowest BCUT2D eigenvalue weighted by molar-refractivity contribution is 0.599. The number of aryl methyl sites for hydroxylation is 2. The summed E-state index contributed by atoms with van der Waals surface area (Å²) in [6.45, 7) is 5.20. The quantitative estimate of drug-likeness (QED) is 0.856. The summed E-state index contributed by atoms with van der Waals surface area (Å²) in [5.74, 6) is -0.597. The van der Waals surface area contributed by atoms with Gasteiger partial charge in [0.1, 0.15) is 5.82 Å². The van der Waals surface area contributed by atoms with Gasteiger partial charge in [0.05, 0.1) is 16.3 Å². The molecule has 0 aliphatic rings. The van der Waals surface area contributed by atoms with E-state index in [4.69, 9.17) is 5.73 Å². The summed E-state index contributed by atoms with van der Waals surface area (Å²) in [5.41, 5.74) is 7.82. The van der Waals surface area contributed by atoms with Crippen LogP contribution in [0.1, 0.15) is 16.7 Å². The molecular weight excluding hydrogens is 291 g/mol. The topological polar surface area (TPSA) is 72.2 Å². The van der Waals surface area contributed by atoms with Gasteiger partial charge in [0, 0.05) is 0 Å². The molecule has 2 aromatic carbocycles. The van der Waals surface area contributed by atoms with Gasteiger partial charge in [-0.3, -0.25) is 4.72 Å². The minimum absolute atomic E-state index is 0.0557. The van der Waals surface area contributed by atoms with E-state index in [-0.39, 0.29) is 16.1 Å². The van der Waals surface area contributed by atoms with Gasteiger partial charge in [-0.05, 0) is 55.7 Å². The van der Waals surface area contributed by atoms with Gasteiger partial charge in [0.2, 0.25) is 0 Å². The van der Waals surface area contributed by atoms with E-state index >= 15 is 0 Å². The molecule has 0 aliphatic carbocycles. The highest BCUT2D eigenvalue weighted by atomic mass is 32.2. The first-order valence-corrected chi connectivity index (χ1v) is 7.85. The predicted octanol–water partition coefficient (Wildman–Crippen LogP) is 3.13. The molecule has 0 fully saturated rings. The standard InChI is InChI=1S/C15H17FN2O2S/c1-9-5-4-6-14(11(9)3)18-21(19,20)12-7-10(2)15(16)13(17)8-12/h4-8,18H,17H2,1-3H3. The summed E-state index contributed by atoms with van der Waals surface area (Å²) < 4.78 is 40.8. The Morgan fingerprint density at radius 2 is 1.76 bits per heavy atom. The van der Waals surface area contributed by atoms with Gasteiger partial charge >= 0.3 is 0 Å². The van der Waals surface area contributed by atoms with Crippen LogP contribution in [0.3, 0.4) is 0 Å². The second kappa shape index (κ2) is 5.37. The Hall–Kier alpha value is -2.08. The fraction of sp³-hybridized carbons (Fsp3) is 0.200. The molecule has 6 heteroatoms. The molecule has 4 nitrogen and oxygen atoms in total. The first-order valence-electron chi connectivity index (χ1n) is 6.37. The van der Waals surface area contributed by atoms with Crippen LogP contribution in [0.4, 0.5) is 15.8 Å². The van der Waals surface area contributed by atoms with Crippen LogP contribution in [0.5, 0.6) is 0 Å². The molecule has 0 heterocycles. The number of halogens is 1. The van der Waals surface area contributed by atoms with Gasteiger partial charge in [-0.25, -0.2) is 12.8 Å². The minimum Gasteiger partial charge on any atom is -0.396 e. The fourth-order valence-corrected chi connectivity index (χ4v) is 3.23. The van der Waals surface area contributed by atoms with Crippen molar-refractivity contribution in [1.82, 2.24) is 0 Å². The highest BCUT2D eigenvalue weighted by Gasteiger charge is 2.18. The second-order valence-corrected chi connectivity index (χ2v) is 6.68. The first-order chi connectivity index (χ1) is 9.72. The van der Waals surface area contributed by atoms with E-state index in [9.17, 15) is 12.8 Å². The normalized spacial score (nSPS) is 11.4.